The van der Waals surface area contributed by atoms with Crippen LogP contribution >= 0.6 is 11.6 Å². The molecule has 0 aliphatic heterocycles. The van der Waals surface area contributed by atoms with Crippen molar-refractivity contribution in [3.05, 3.63) is 63.6 Å². The Morgan fingerprint density at radius 1 is 1.29 bits per heavy atom. The van der Waals surface area contributed by atoms with Gasteiger partial charge in [-0.15, -0.1) is 0 Å². The van der Waals surface area contributed by atoms with Crippen LogP contribution in [0, 0.1) is 11.7 Å². The molecule has 1 aliphatic rings. The van der Waals surface area contributed by atoms with Crippen LogP contribution in [0.5, 0.6) is 11.8 Å². The first-order valence-corrected chi connectivity index (χ1v) is 10.1. The number of rotatable bonds is 5. The molecule has 158 valence electrons. The predicted octanol–water partition coefficient (Wildman–Crippen LogP) is 2.86. The molecule has 3 aromatic heterocycles. The minimum absolute atomic E-state index is 0.160. The van der Waals surface area contributed by atoms with Crippen molar-refractivity contribution < 1.29 is 14.6 Å². The Morgan fingerprint density at radius 3 is 2.87 bits per heavy atom. The number of nitrogens with zero attached hydrogens (tertiary/aromatic N) is 4. The summed E-state index contributed by atoms with van der Waals surface area (Å²) in [6, 6.07) is 7.32. The van der Waals surface area contributed by atoms with E-state index in [1.165, 1.54) is 24.3 Å². The van der Waals surface area contributed by atoms with Gasteiger partial charge in [-0.25, -0.2) is 9.37 Å². The fraction of sp³-hybridized carbons (Fsp3) is 0.190. The van der Waals surface area contributed by atoms with E-state index in [4.69, 9.17) is 11.6 Å². The van der Waals surface area contributed by atoms with E-state index in [2.05, 4.69) is 25.4 Å². The minimum Gasteiger partial charge on any atom is -0.494 e. The van der Waals surface area contributed by atoms with Crippen molar-refractivity contribution in [1.29, 1.82) is 0 Å². The molecule has 31 heavy (non-hydrogen) atoms. The fourth-order valence-corrected chi connectivity index (χ4v) is 3.39. The fourth-order valence-electron chi connectivity index (χ4n) is 3.22. The number of hydrogen-bond acceptors (Lipinski definition) is 6. The van der Waals surface area contributed by atoms with Gasteiger partial charge < -0.3 is 15.5 Å². The molecule has 5 rings (SSSR count). The number of anilines is 2. The lowest BCUT2D eigenvalue weighted by atomic mass is 10.2. The van der Waals surface area contributed by atoms with Crippen molar-refractivity contribution in [2.24, 2.45) is 10.9 Å². The number of halogens is 2. The molecule has 1 fully saturated rings. The molecule has 1 aliphatic carbocycles. The topological polar surface area (TPSA) is 111 Å². The van der Waals surface area contributed by atoms with Crippen molar-refractivity contribution in [1.82, 2.24) is 19.6 Å². The van der Waals surface area contributed by atoms with E-state index in [0.29, 0.717) is 45.2 Å². The van der Waals surface area contributed by atoms with E-state index in [-0.39, 0.29) is 17.4 Å². The zero-order valence-electron chi connectivity index (χ0n) is 16.2. The number of nitrogens with one attached hydrogen (secondary N) is 2. The highest BCUT2D eigenvalue weighted by atomic mass is 35.5. The standard InChI is InChI=1S/C21H18ClFN6O2/c22-14-3-4-15(23)16(7-14)26-17-8-18(24-9-11-1-2-11)29-20(27-17)13(10-25-29)5-12-6-19(30)28-21(12)31/h3-8,10-11,26,28,30-31H,1-2,9H2. The molecule has 0 saturated heterocycles. The largest absolute Gasteiger partial charge is 0.494 e. The van der Waals surface area contributed by atoms with Gasteiger partial charge in [0.2, 0.25) is 0 Å². The van der Waals surface area contributed by atoms with Gasteiger partial charge in [0.05, 0.1) is 11.9 Å². The van der Waals surface area contributed by atoms with Crippen LogP contribution in [0.25, 0.3) is 11.7 Å². The highest BCUT2D eigenvalue weighted by molar-refractivity contribution is 6.30. The maximum atomic E-state index is 14.2. The second-order valence-electron chi connectivity index (χ2n) is 7.47. The SMILES string of the molecule is Oc1cc(C=c2cnn3c(=NCC4CC4)cc(Nc4cc(Cl)ccc4F)nc23)c(O)[nH]1. The van der Waals surface area contributed by atoms with Crippen LogP contribution in [0.2, 0.25) is 5.02 Å². The van der Waals surface area contributed by atoms with Gasteiger partial charge in [-0.1, -0.05) is 11.6 Å². The third-order valence-electron chi connectivity index (χ3n) is 5.00. The molecule has 1 saturated carbocycles. The molecule has 0 spiro atoms. The predicted molar refractivity (Wildman–Crippen MR) is 114 cm³/mol. The van der Waals surface area contributed by atoms with E-state index in [1.54, 1.807) is 22.9 Å². The van der Waals surface area contributed by atoms with Crippen LogP contribution in [0.4, 0.5) is 15.9 Å². The summed E-state index contributed by atoms with van der Waals surface area (Å²) in [5, 5.41) is 27.8. The number of aromatic nitrogens is 4. The minimum atomic E-state index is -0.462. The molecule has 0 bridgehead atoms. The molecule has 0 atom stereocenters. The Morgan fingerprint density at radius 2 is 2.13 bits per heavy atom. The lowest BCUT2D eigenvalue weighted by Crippen LogP contribution is -2.20. The molecule has 3 heterocycles. The number of aromatic amines is 1. The van der Waals surface area contributed by atoms with Crippen LogP contribution in [-0.4, -0.2) is 36.3 Å². The molecular weight excluding hydrogens is 423 g/mol. The highest BCUT2D eigenvalue weighted by Gasteiger charge is 2.20. The van der Waals surface area contributed by atoms with Gasteiger partial charge in [-0.05, 0) is 43.0 Å². The van der Waals surface area contributed by atoms with E-state index >= 15 is 0 Å². The Labute approximate surface area is 180 Å². The van der Waals surface area contributed by atoms with Crippen LogP contribution in [-0.2, 0) is 0 Å². The highest BCUT2D eigenvalue weighted by Crippen LogP contribution is 2.28. The van der Waals surface area contributed by atoms with Gasteiger partial charge in [-0.3, -0.25) is 9.98 Å². The molecule has 10 heteroatoms. The summed E-state index contributed by atoms with van der Waals surface area (Å²) < 4.78 is 15.8. The third-order valence-corrected chi connectivity index (χ3v) is 5.24. The molecular formula is C21H18ClFN6O2. The van der Waals surface area contributed by atoms with Gasteiger partial charge in [0.25, 0.3) is 0 Å². The van der Waals surface area contributed by atoms with Gasteiger partial charge in [0, 0.05) is 34.5 Å². The van der Waals surface area contributed by atoms with E-state index in [0.717, 1.165) is 12.8 Å². The Hall–Kier alpha value is -3.59. The maximum Gasteiger partial charge on any atom is 0.198 e. The number of aromatic hydroxyl groups is 2. The average Bonchev–Trinajstić information content (AvgIpc) is 3.40. The van der Waals surface area contributed by atoms with Crippen LogP contribution in [0.1, 0.15) is 18.4 Å². The van der Waals surface area contributed by atoms with Crippen LogP contribution in [0.3, 0.4) is 0 Å². The molecule has 0 unspecified atom stereocenters. The number of benzene rings is 1. The first-order valence-electron chi connectivity index (χ1n) is 9.70. The first kappa shape index (κ1) is 19.4. The number of fused-ring (bicyclic) bond motifs is 1. The van der Waals surface area contributed by atoms with Gasteiger partial charge in [-0.2, -0.15) is 9.61 Å². The smallest absolute Gasteiger partial charge is 0.198 e. The third kappa shape index (κ3) is 4.04. The molecule has 8 nitrogen and oxygen atoms in total. The molecule has 1 aromatic carbocycles. The average molecular weight is 441 g/mol. The summed E-state index contributed by atoms with van der Waals surface area (Å²) in [6.07, 6.45) is 5.54. The van der Waals surface area contributed by atoms with E-state index < -0.39 is 5.82 Å². The van der Waals surface area contributed by atoms with Crippen molar-refractivity contribution >= 4 is 34.8 Å². The lowest BCUT2D eigenvalue weighted by Gasteiger charge is -2.08. The normalized spacial score (nSPS) is 15.2. The quantitative estimate of drug-likeness (QED) is 0.381. The number of H-pyrrole nitrogens is 1. The lowest BCUT2D eigenvalue weighted by molar-refractivity contribution is 0.425. The summed E-state index contributed by atoms with van der Waals surface area (Å²) in [6.45, 7) is 0.676. The summed E-state index contributed by atoms with van der Waals surface area (Å²) in [4.78, 5) is 11.7. The summed E-state index contributed by atoms with van der Waals surface area (Å²) in [7, 11) is 0. The Kier molecular flexibility index (Phi) is 4.74. The maximum absolute atomic E-state index is 14.2. The zero-order chi connectivity index (χ0) is 21.5. The van der Waals surface area contributed by atoms with Gasteiger partial charge in [0.15, 0.2) is 22.9 Å². The van der Waals surface area contributed by atoms with Gasteiger partial charge in [0.1, 0.15) is 11.6 Å². The first-order chi connectivity index (χ1) is 15.0. The van der Waals surface area contributed by atoms with Crippen molar-refractivity contribution in [2.75, 3.05) is 11.9 Å². The second-order valence-corrected chi connectivity index (χ2v) is 7.91. The summed E-state index contributed by atoms with van der Waals surface area (Å²) in [5.74, 6) is 0.152. The number of hydrogen-bond donors (Lipinski definition) is 4. The summed E-state index contributed by atoms with van der Waals surface area (Å²) in [5.41, 5.74) is 1.60. The molecule has 4 N–H and O–H groups in total. The zero-order valence-corrected chi connectivity index (χ0v) is 16.9. The van der Waals surface area contributed by atoms with Crippen molar-refractivity contribution in [2.45, 2.75) is 12.8 Å². The molecule has 4 aromatic rings. The van der Waals surface area contributed by atoms with Gasteiger partial charge >= 0.3 is 0 Å². The monoisotopic (exact) mass is 440 g/mol. The Bertz CT molecular complexity index is 1410. The van der Waals surface area contributed by atoms with E-state index in [1.807, 2.05) is 0 Å². The van der Waals surface area contributed by atoms with Crippen LogP contribution < -0.4 is 16.0 Å². The van der Waals surface area contributed by atoms with Crippen molar-refractivity contribution in [3.8, 4) is 11.8 Å². The van der Waals surface area contributed by atoms with Crippen LogP contribution in [0.15, 0.2) is 41.5 Å². The second kappa shape index (κ2) is 7.59. The molecule has 0 amide bonds. The molecule has 0 radical (unpaired) electrons. The van der Waals surface area contributed by atoms with E-state index in [9.17, 15) is 14.6 Å². The summed E-state index contributed by atoms with van der Waals surface area (Å²) >= 11 is 6.00. The van der Waals surface area contributed by atoms with Crippen molar-refractivity contribution in [3.63, 3.8) is 0 Å². The Balaban J connectivity index is 1.66.